The molecule has 166 valence electrons. The van der Waals surface area contributed by atoms with Crippen molar-refractivity contribution < 1.29 is 32.3 Å². The Balaban J connectivity index is 1.82. The number of ketones is 1. The maximum Gasteiger partial charge on any atom is 0.450 e. The van der Waals surface area contributed by atoms with Gasteiger partial charge in [-0.05, 0) is 24.3 Å². The second-order valence-corrected chi connectivity index (χ2v) is 7.70. The number of aliphatic hydroxyl groups is 1. The Kier molecular flexibility index (Phi) is 5.47. The molecule has 1 saturated heterocycles. The lowest BCUT2D eigenvalue weighted by Gasteiger charge is -2.44. The van der Waals surface area contributed by atoms with E-state index in [2.05, 4.69) is 10.6 Å². The third-order valence-corrected chi connectivity index (χ3v) is 5.43. The highest BCUT2D eigenvalue weighted by molar-refractivity contribution is 6.30. The molecule has 2 heterocycles. The second-order valence-electron chi connectivity index (χ2n) is 7.26. The zero-order valence-corrected chi connectivity index (χ0v) is 16.9. The van der Waals surface area contributed by atoms with Crippen LogP contribution in [0.25, 0.3) is 11.3 Å². The van der Waals surface area contributed by atoms with Gasteiger partial charge in [-0.25, -0.2) is 4.79 Å². The zero-order valence-electron chi connectivity index (χ0n) is 16.2. The largest absolute Gasteiger partial charge is 0.459 e. The van der Waals surface area contributed by atoms with Gasteiger partial charge in [0.15, 0.2) is 5.72 Å². The average Bonchev–Trinajstić information content (AvgIpc) is 3.23. The Morgan fingerprint density at radius 1 is 1.06 bits per heavy atom. The van der Waals surface area contributed by atoms with Crippen LogP contribution in [-0.4, -0.2) is 23.1 Å². The van der Waals surface area contributed by atoms with Crippen molar-refractivity contribution in [3.8, 4) is 11.3 Å². The average molecular weight is 465 g/mol. The van der Waals surface area contributed by atoms with Crippen molar-refractivity contribution in [2.75, 3.05) is 0 Å². The molecule has 3 aromatic rings. The summed E-state index contributed by atoms with van der Waals surface area (Å²) in [7, 11) is 0. The topological polar surface area (TPSA) is 91.6 Å². The molecular formula is C22H16ClF3N2O4. The molecule has 4 rings (SSSR count). The molecule has 2 amide bonds. The second kappa shape index (κ2) is 7.99. The minimum Gasteiger partial charge on any atom is -0.459 e. The summed E-state index contributed by atoms with van der Waals surface area (Å²) < 4.78 is 46.3. The maximum atomic E-state index is 13.5. The fourth-order valence-corrected chi connectivity index (χ4v) is 3.96. The van der Waals surface area contributed by atoms with Crippen molar-refractivity contribution in [1.82, 2.24) is 10.6 Å². The highest BCUT2D eigenvalue weighted by atomic mass is 35.5. The Labute approximate surface area is 185 Å². The van der Waals surface area contributed by atoms with Crippen molar-refractivity contribution in [2.24, 2.45) is 5.92 Å². The number of halogens is 4. The highest BCUT2D eigenvalue weighted by Gasteiger charge is 2.60. The van der Waals surface area contributed by atoms with Crippen molar-refractivity contribution in [2.45, 2.75) is 17.9 Å². The number of hydrogen-bond donors (Lipinski definition) is 3. The van der Waals surface area contributed by atoms with Crippen LogP contribution in [0.2, 0.25) is 5.02 Å². The van der Waals surface area contributed by atoms with Gasteiger partial charge in [-0.1, -0.05) is 54.1 Å². The molecule has 1 aromatic heterocycles. The third-order valence-electron chi connectivity index (χ3n) is 5.19. The van der Waals surface area contributed by atoms with E-state index in [1.165, 1.54) is 36.4 Å². The quantitative estimate of drug-likeness (QED) is 0.528. The van der Waals surface area contributed by atoms with E-state index in [0.717, 1.165) is 0 Å². The molecule has 0 saturated carbocycles. The number of nitrogens with one attached hydrogen (secondary N) is 2. The van der Waals surface area contributed by atoms with Crippen molar-refractivity contribution >= 4 is 23.4 Å². The lowest BCUT2D eigenvalue weighted by atomic mass is 9.77. The zero-order chi connectivity index (χ0) is 23.1. The molecule has 10 heteroatoms. The summed E-state index contributed by atoms with van der Waals surface area (Å²) in [5.74, 6) is -4.26. The predicted octanol–water partition coefficient (Wildman–Crippen LogP) is 4.55. The summed E-state index contributed by atoms with van der Waals surface area (Å²) in [6, 6.07) is 14.0. The number of alkyl halides is 3. The first-order chi connectivity index (χ1) is 15.1. The van der Waals surface area contributed by atoms with Gasteiger partial charge in [-0.2, -0.15) is 13.2 Å². The fraction of sp³-hybridized carbons (Fsp3) is 0.182. The molecule has 32 heavy (non-hydrogen) atoms. The Morgan fingerprint density at radius 3 is 2.44 bits per heavy atom. The van der Waals surface area contributed by atoms with Crippen LogP contribution in [0.3, 0.4) is 0 Å². The Hall–Kier alpha value is -3.30. The molecule has 0 bridgehead atoms. The summed E-state index contributed by atoms with van der Waals surface area (Å²) in [4.78, 5) is 24.8. The molecule has 3 unspecified atom stereocenters. The van der Waals surface area contributed by atoms with E-state index in [-0.39, 0.29) is 17.1 Å². The van der Waals surface area contributed by atoms with Crippen LogP contribution < -0.4 is 10.6 Å². The number of rotatable bonds is 4. The highest BCUT2D eigenvalue weighted by Crippen LogP contribution is 2.43. The van der Waals surface area contributed by atoms with Crippen LogP contribution in [0.4, 0.5) is 18.0 Å². The summed E-state index contributed by atoms with van der Waals surface area (Å²) >= 11 is 5.98. The van der Waals surface area contributed by atoms with Crippen LogP contribution in [-0.2, 0) is 10.5 Å². The fourth-order valence-electron chi connectivity index (χ4n) is 3.77. The Bertz CT molecular complexity index is 1170. The van der Waals surface area contributed by atoms with Crippen molar-refractivity contribution in [3.05, 3.63) is 83.1 Å². The molecule has 6 nitrogen and oxygen atoms in total. The van der Waals surface area contributed by atoms with E-state index < -0.39 is 35.7 Å². The minimum atomic E-state index is -5.28. The molecule has 0 aliphatic carbocycles. The van der Waals surface area contributed by atoms with Crippen molar-refractivity contribution in [3.63, 3.8) is 0 Å². The van der Waals surface area contributed by atoms with Gasteiger partial charge in [0.05, 0.1) is 0 Å². The molecule has 3 atom stereocenters. The van der Waals surface area contributed by atoms with E-state index in [4.69, 9.17) is 16.0 Å². The van der Waals surface area contributed by atoms with E-state index in [1.807, 2.05) is 0 Å². The number of carbonyl (C=O) groups is 2. The smallest absolute Gasteiger partial charge is 0.450 e. The summed E-state index contributed by atoms with van der Waals surface area (Å²) in [6.45, 7) is 0. The van der Waals surface area contributed by atoms with Gasteiger partial charge in [-0.15, -0.1) is 0 Å². The first kappa shape index (κ1) is 21.9. The standard InChI is InChI=1S/C22H16ClF3N2O4/c23-14-8-4-5-12(11-14)15-9-10-16(32-15)18-17(19(29)22(24,25)26)21(31,28-20(30)27-18)13-6-2-1-3-7-13/h1-11,17-18,31H,(H2,27,28,30). The van der Waals surface area contributed by atoms with Gasteiger partial charge in [-0.3, -0.25) is 4.79 Å². The number of amides is 2. The van der Waals surface area contributed by atoms with E-state index >= 15 is 0 Å². The number of Topliss-reactive ketones (excluding diaryl/α,β-unsaturated/α-hetero) is 1. The van der Waals surface area contributed by atoms with Crippen LogP contribution in [0, 0.1) is 5.92 Å². The molecule has 1 fully saturated rings. The number of furan rings is 1. The van der Waals surface area contributed by atoms with Crippen LogP contribution in [0.15, 0.2) is 71.1 Å². The van der Waals surface area contributed by atoms with Gasteiger partial charge in [0.2, 0.25) is 5.78 Å². The monoisotopic (exact) mass is 464 g/mol. The SMILES string of the molecule is O=C1NC(c2ccc(-c3cccc(Cl)c3)o2)C(C(=O)C(F)(F)F)C(O)(c2ccccc2)N1. The normalized spacial score (nSPS) is 23.3. The lowest BCUT2D eigenvalue weighted by molar-refractivity contribution is -0.190. The first-order valence-corrected chi connectivity index (χ1v) is 9.80. The third kappa shape index (κ3) is 3.96. The number of hydrogen-bond acceptors (Lipinski definition) is 4. The summed E-state index contributed by atoms with van der Waals surface area (Å²) in [5, 5.41) is 16.0. The van der Waals surface area contributed by atoms with E-state index in [9.17, 15) is 27.9 Å². The van der Waals surface area contributed by atoms with Gasteiger partial charge in [0, 0.05) is 16.1 Å². The molecule has 0 spiro atoms. The molecule has 0 radical (unpaired) electrons. The summed E-state index contributed by atoms with van der Waals surface area (Å²) in [6.07, 6.45) is -5.28. The summed E-state index contributed by atoms with van der Waals surface area (Å²) in [5.41, 5.74) is -2.17. The molecule has 2 aromatic carbocycles. The number of benzene rings is 2. The predicted molar refractivity (Wildman–Crippen MR) is 108 cm³/mol. The molecule has 1 aliphatic heterocycles. The maximum absolute atomic E-state index is 13.5. The number of carbonyl (C=O) groups excluding carboxylic acids is 2. The van der Waals surface area contributed by atoms with Crippen LogP contribution in [0.1, 0.15) is 17.4 Å². The molecular weight excluding hydrogens is 449 g/mol. The van der Waals surface area contributed by atoms with Crippen LogP contribution >= 0.6 is 11.6 Å². The van der Waals surface area contributed by atoms with Gasteiger partial charge < -0.3 is 20.2 Å². The lowest BCUT2D eigenvalue weighted by Crippen LogP contribution is -2.66. The molecule has 1 aliphatic rings. The molecule has 3 N–H and O–H groups in total. The minimum absolute atomic E-state index is 0.0796. The van der Waals surface area contributed by atoms with E-state index in [1.54, 1.807) is 30.3 Å². The van der Waals surface area contributed by atoms with Gasteiger partial charge in [0.1, 0.15) is 23.5 Å². The Morgan fingerprint density at radius 2 is 1.78 bits per heavy atom. The first-order valence-electron chi connectivity index (χ1n) is 9.43. The van der Waals surface area contributed by atoms with Gasteiger partial charge >= 0.3 is 12.2 Å². The van der Waals surface area contributed by atoms with E-state index in [0.29, 0.717) is 10.6 Å². The van der Waals surface area contributed by atoms with Crippen molar-refractivity contribution in [1.29, 1.82) is 0 Å². The van der Waals surface area contributed by atoms with Crippen LogP contribution in [0.5, 0.6) is 0 Å². The van der Waals surface area contributed by atoms with Gasteiger partial charge in [0.25, 0.3) is 0 Å². The number of urea groups is 1.